The molecule has 0 aliphatic carbocycles. The lowest BCUT2D eigenvalue weighted by Gasteiger charge is -2.23. The van der Waals surface area contributed by atoms with Crippen LogP contribution in [-0.4, -0.2) is 12.4 Å². The molecule has 1 unspecified atom stereocenters. The van der Waals surface area contributed by atoms with Gasteiger partial charge in [0.25, 0.3) is 0 Å². The van der Waals surface area contributed by atoms with Gasteiger partial charge in [0, 0.05) is 17.3 Å². The van der Waals surface area contributed by atoms with Crippen molar-refractivity contribution >= 4 is 21.7 Å². The number of ketones is 1. The molecule has 0 saturated carbocycles. The molecule has 1 saturated heterocycles. The topological polar surface area (TPSA) is 26.3 Å². The number of Topliss-reactive ketones (excluding diaryl/α,β-unsaturated/α-hetero) is 1. The Labute approximate surface area is 97.8 Å². The highest BCUT2D eigenvalue weighted by molar-refractivity contribution is 9.10. The quantitative estimate of drug-likeness (QED) is 0.782. The van der Waals surface area contributed by atoms with Crippen molar-refractivity contribution in [3.8, 4) is 0 Å². The first-order chi connectivity index (χ1) is 7.16. The summed E-state index contributed by atoms with van der Waals surface area (Å²) in [5.74, 6) is 0.291. The molecular formula is C12H13BrO2. The smallest absolute Gasteiger partial charge is 0.138 e. The van der Waals surface area contributed by atoms with Gasteiger partial charge in [-0.2, -0.15) is 0 Å². The van der Waals surface area contributed by atoms with Crippen LogP contribution in [0.5, 0.6) is 0 Å². The van der Waals surface area contributed by atoms with E-state index in [0.29, 0.717) is 25.2 Å². The van der Waals surface area contributed by atoms with Crippen LogP contribution in [0.2, 0.25) is 0 Å². The predicted molar refractivity (Wildman–Crippen MR) is 61.8 cm³/mol. The predicted octanol–water partition coefficient (Wildman–Crippen LogP) is 3.18. The first-order valence-corrected chi connectivity index (χ1v) is 5.85. The third-order valence-electron chi connectivity index (χ3n) is 2.61. The summed E-state index contributed by atoms with van der Waals surface area (Å²) in [5, 5.41) is 0. The van der Waals surface area contributed by atoms with E-state index in [-0.39, 0.29) is 6.10 Å². The van der Waals surface area contributed by atoms with Gasteiger partial charge in [-0.05, 0) is 18.6 Å². The summed E-state index contributed by atoms with van der Waals surface area (Å²) in [6, 6.07) is 6.12. The highest BCUT2D eigenvalue weighted by Gasteiger charge is 2.23. The van der Waals surface area contributed by atoms with Crippen LogP contribution in [0.25, 0.3) is 0 Å². The summed E-state index contributed by atoms with van der Waals surface area (Å²) in [6.07, 6.45) is 0.989. The zero-order valence-corrected chi connectivity index (χ0v) is 10.2. The van der Waals surface area contributed by atoms with Crippen molar-refractivity contribution in [2.24, 2.45) is 0 Å². The monoisotopic (exact) mass is 268 g/mol. The minimum Gasteiger partial charge on any atom is -0.373 e. The zero-order chi connectivity index (χ0) is 10.8. The Morgan fingerprint density at radius 3 is 3.00 bits per heavy atom. The molecule has 1 heterocycles. The summed E-state index contributed by atoms with van der Waals surface area (Å²) < 4.78 is 6.64. The Morgan fingerprint density at radius 1 is 1.47 bits per heavy atom. The van der Waals surface area contributed by atoms with E-state index in [4.69, 9.17) is 4.74 Å². The largest absolute Gasteiger partial charge is 0.373 e. The maximum atomic E-state index is 11.3. The van der Waals surface area contributed by atoms with E-state index >= 15 is 0 Å². The molecule has 0 bridgehead atoms. The average Bonchev–Trinajstić information content (AvgIpc) is 2.22. The van der Waals surface area contributed by atoms with Crippen molar-refractivity contribution in [1.82, 2.24) is 0 Å². The minimum atomic E-state index is -0.0690. The molecular weight excluding hydrogens is 256 g/mol. The normalized spacial score (nSPS) is 21.7. The molecule has 0 aromatic heterocycles. The molecule has 2 nitrogen and oxygen atoms in total. The van der Waals surface area contributed by atoms with E-state index < -0.39 is 0 Å². The lowest BCUT2D eigenvalue weighted by Crippen LogP contribution is -2.19. The number of aryl methyl sites for hydroxylation is 1. The Kier molecular flexibility index (Phi) is 3.22. The first kappa shape index (κ1) is 10.8. The minimum absolute atomic E-state index is 0.0690. The Morgan fingerprint density at radius 2 is 2.27 bits per heavy atom. The Balaban J connectivity index is 2.27. The molecule has 0 spiro atoms. The second-order valence-electron chi connectivity index (χ2n) is 3.88. The molecule has 1 aliphatic rings. The molecule has 2 rings (SSSR count). The van der Waals surface area contributed by atoms with Gasteiger partial charge < -0.3 is 4.74 Å². The molecule has 1 fully saturated rings. The maximum absolute atomic E-state index is 11.3. The van der Waals surface area contributed by atoms with Crippen LogP contribution in [-0.2, 0) is 9.53 Å². The van der Waals surface area contributed by atoms with Gasteiger partial charge in [-0.1, -0.05) is 33.6 Å². The fourth-order valence-corrected chi connectivity index (χ4v) is 2.29. The summed E-state index contributed by atoms with van der Waals surface area (Å²) in [5.41, 5.74) is 2.28. The second kappa shape index (κ2) is 4.45. The van der Waals surface area contributed by atoms with Crippen LogP contribution in [0.1, 0.15) is 30.1 Å². The third-order valence-corrected chi connectivity index (χ3v) is 3.33. The summed E-state index contributed by atoms with van der Waals surface area (Å²) in [6.45, 7) is 2.59. The zero-order valence-electron chi connectivity index (χ0n) is 8.63. The van der Waals surface area contributed by atoms with Crippen LogP contribution < -0.4 is 0 Å². The molecule has 15 heavy (non-hydrogen) atoms. The van der Waals surface area contributed by atoms with Gasteiger partial charge in [-0.3, -0.25) is 4.79 Å². The van der Waals surface area contributed by atoms with Crippen molar-refractivity contribution < 1.29 is 9.53 Å². The number of hydrogen-bond acceptors (Lipinski definition) is 2. The van der Waals surface area contributed by atoms with E-state index in [2.05, 4.69) is 22.0 Å². The van der Waals surface area contributed by atoms with Crippen molar-refractivity contribution in [2.45, 2.75) is 25.9 Å². The fourth-order valence-electron chi connectivity index (χ4n) is 1.79. The van der Waals surface area contributed by atoms with Crippen molar-refractivity contribution in [1.29, 1.82) is 0 Å². The number of rotatable bonds is 1. The van der Waals surface area contributed by atoms with Gasteiger partial charge in [-0.15, -0.1) is 0 Å². The molecule has 1 aliphatic heterocycles. The first-order valence-electron chi connectivity index (χ1n) is 5.06. The molecule has 1 aromatic rings. The molecule has 0 radical (unpaired) electrons. The number of hydrogen-bond donors (Lipinski definition) is 0. The summed E-state index contributed by atoms with van der Waals surface area (Å²) >= 11 is 3.49. The number of carbonyl (C=O) groups is 1. The highest BCUT2D eigenvalue weighted by atomic mass is 79.9. The SMILES string of the molecule is Cc1ccc(Br)c(C2CC(=O)CCO2)c1. The summed E-state index contributed by atoms with van der Waals surface area (Å²) in [7, 11) is 0. The number of ether oxygens (including phenoxy) is 1. The maximum Gasteiger partial charge on any atom is 0.138 e. The van der Waals surface area contributed by atoms with Crippen LogP contribution >= 0.6 is 15.9 Å². The van der Waals surface area contributed by atoms with Gasteiger partial charge in [0.15, 0.2) is 0 Å². The van der Waals surface area contributed by atoms with Crippen molar-refractivity contribution in [2.75, 3.05) is 6.61 Å². The van der Waals surface area contributed by atoms with E-state index in [1.807, 2.05) is 19.1 Å². The molecule has 3 heteroatoms. The van der Waals surface area contributed by atoms with Gasteiger partial charge in [0.1, 0.15) is 5.78 Å². The van der Waals surface area contributed by atoms with E-state index in [0.717, 1.165) is 10.0 Å². The van der Waals surface area contributed by atoms with Crippen LogP contribution in [0, 0.1) is 6.92 Å². The van der Waals surface area contributed by atoms with Gasteiger partial charge in [-0.25, -0.2) is 0 Å². The highest BCUT2D eigenvalue weighted by Crippen LogP contribution is 2.32. The van der Waals surface area contributed by atoms with Gasteiger partial charge in [0.05, 0.1) is 12.7 Å². The molecule has 0 N–H and O–H groups in total. The van der Waals surface area contributed by atoms with E-state index in [1.165, 1.54) is 5.56 Å². The average molecular weight is 269 g/mol. The lowest BCUT2D eigenvalue weighted by molar-refractivity contribution is -0.128. The van der Waals surface area contributed by atoms with Gasteiger partial charge >= 0.3 is 0 Å². The van der Waals surface area contributed by atoms with E-state index in [1.54, 1.807) is 0 Å². The number of carbonyl (C=O) groups excluding carboxylic acids is 1. The summed E-state index contributed by atoms with van der Waals surface area (Å²) in [4.78, 5) is 11.3. The van der Waals surface area contributed by atoms with Crippen LogP contribution in [0.3, 0.4) is 0 Å². The van der Waals surface area contributed by atoms with E-state index in [9.17, 15) is 4.79 Å². The van der Waals surface area contributed by atoms with Crippen LogP contribution in [0.4, 0.5) is 0 Å². The Hall–Kier alpha value is -0.670. The molecule has 1 atom stereocenters. The number of benzene rings is 1. The van der Waals surface area contributed by atoms with Crippen molar-refractivity contribution in [3.05, 3.63) is 33.8 Å². The van der Waals surface area contributed by atoms with Crippen LogP contribution in [0.15, 0.2) is 22.7 Å². The Bertz CT molecular complexity index is 387. The van der Waals surface area contributed by atoms with Gasteiger partial charge in [0.2, 0.25) is 0 Å². The fraction of sp³-hybridized carbons (Fsp3) is 0.417. The second-order valence-corrected chi connectivity index (χ2v) is 4.73. The molecule has 1 aromatic carbocycles. The molecule has 80 valence electrons. The standard InChI is InChI=1S/C12H13BrO2/c1-8-2-3-11(13)10(6-8)12-7-9(14)4-5-15-12/h2-3,6,12H,4-5,7H2,1H3. The lowest BCUT2D eigenvalue weighted by atomic mass is 9.99. The molecule has 0 amide bonds. The number of halogens is 1. The van der Waals surface area contributed by atoms with Crippen molar-refractivity contribution in [3.63, 3.8) is 0 Å². The third kappa shape index (κ3) is 2.47.